The average Bonchev–Trinajstić information content (AvgIpc) is 2.70. The van der Waals surface area contributed by atoms with Crippen molar-refractivity contribution in [2.75, 3.05) is 18.0 Å². The highest BCUT2D eigenvalue weighted by Crippen LogP contribution is 2.30. The van der Waals surface area contributed by atoms with Crippen LogP contribution in [-0.2, 0) is 0 Å². The topological polar surface area (TPSA) is 49.2 Å². The van der Waals surface area contributed by atoms with E-state index in [9.17, 15) is 9.65 Å². The van der Waals surface area contributed by atoms with Gasteiger partial charge >= 0.3 is 0 Å². The molecular formula is C22H20FN3O. The minimum atomic E-state index is -0.335. The zero-order chi connectivity index (χ0) is 18.8. The molecule has 0 aliphatic carbocycles. The predicted molar refractivity (Wildman–Crippen MR) is 103 cm³/mol. The largest absolute Gasteiger partial charge is 0.487 e. The number of pyridine rings is 1. The number of para-hydroxylation sites is 2. The van der Waals surface area contributed by atoms with Gasteiger partial charge in [-0.2, -0.15) is 5.26 Å². The molecule has 0 bridgehead atoms. The molecule has 27 heavy (non-hydrogen) atoms. The normalized spacial score (nSPS) is 14.9. The molecule has 2 aromatic carbocycles. The van der Waals surface area contributed by atoms with Crippen molar-refractivity contribution in [3.05, 3.63) is 65.5 Å². The van der Waals surface area contributed by atoms with Gasteiger partial charge in [0.15, 0.2) is 11.6 Å². The quantitative estimate of drug-likeness (QED) is 0.684. The summed E-state index contributed by atoms with van der Waals surface area (Å²) >= 11 is 0. The maximum atomic E-state index is 13.8. The van der Waals surface area contributed by atoms with Gasteiger partial charge in [-0.25, -0.2) is 9.37 Å². The van der Waals surface area contributed by atoms with Crippen LogP contribution < -0.4 is 9.64 Å². The smallest absolute Gasteiger partial charge is 0.165 e. The highest BCUT2D eigenvalue weighted by molar-refractivity contribution is 5.87. The summed E-state index contributed by atoms with van der Waals surface area (Å²) in [4.78, 5) is 6.89. The van der Waals surface area contributed by atoms with E-state index in [0.717, 1.165) is 48.2 Å². The van der Waals surface area contributed by atoms with E-state index in [4.69, 9.17) is 9.72 Å². The Morgan fingerprint density at radius 3 is 2.56 bits per heavy atom. The number of ether oxygens (including phenoxy) is 1. The third kappa shape index (κ3) is 3.31. The summed E-state index contributed by atoms with van der Waals surface area (Å²) in [6.45, 7) is 3.41. The Morgan fingerprint density at radius 2 is 1.81 bits per heavy atom. The summed E-state index contributed by atoms with van der Waals surface area (Å²) in [5.41, 5.74) is 2.48. The number of aromatic nitrogens is 1. The molecule has 2 heterocycles. The Morgan fingerprint density at radius 1 is 1.11 bits per heavy atom. The lowest BCUT2D eigenvalue weighted by molar-refractivity contribution is 0.163. The van der Waals surface area contributed by atoms with Crippen molar-refractivity contribution in [2.24, 2.45) is 0 Å². The summed E-state index contributed by atoms with van der Waals surface area (Å²) in [5, 5.41) is 10.7. The SMILES string of the molecule is Cc1c(C#N)c(N2CCC(Oc3ccccc3F)CC2)nc2ccccc12. The van der Waals surface area contributed by atoms with Crippen LogP contribution in [0.15, 0.2) is 48.5 Å². The summed E-state index contributed by atoms with van der Waals surface area (Å²) in [6.07, 6.45) is 1.48. The number of hydrogen-bond acceptors (Lipinski definition) is 4. The summed E-state index contributed by atoms with van der Waals surface area (Å²) in [7, 11) is 0. The van der Waals surface area contributed by atoms with Gasteiger partial charge in [0.2, 0.25) is 0 Å². The van der Waals surface area contributed by atoms with Crippen molar-refractivity contribution in [2.45, 2.75) is 25.9 Å². The zero-order valence-corrected chi connectivity index (χ0v) is 15.2. The molecular weight excluding hydrogens is 341 g/mol. The van der Waals surface area contributed by atoms with Gasteiger partial charge in [-0.1, -0.05) is 30.3 Å². The molecule has 4 rings (SSSR count). The Bertz CT molecular complexity index is 1020. The molecule has 1 aromatic heterocycles. The van der Waals surface area contributed by atoms with Crippen molar-refractivity contribution in [3.8, 4) is 11.8 Å². The van der Waals surface area contributed by atoms with Gasteiger partial charge < -0.3 is 9.64 Å². The molecule has 0 N–H and O–H groups in total. The molecule has 4 nitrogen and oxygen atoms in total. The first-order valence-electron chi connectivity index (χ1n) is 9.13. The zero-order valence-electron chi connectivity index (χ0n) is 15.2. The highest BCUT2D eigenvalue weighted by atomic mass is 19.1. The minimum absolute atomic E-state index is 0.0368. The van der Waals surface area contributed by atoms with Crippen molar-refractivity contribution in [1.82, 2.24) is 4.98 Å². The number of anilines is 1. The molecule has 1 fully saturated rings. The van der Waals surface area contributed by atoms with E-state index in [1.54, 1.807) is 18.2 Å². The molecule has 1 saturated heterocycles. The molecule has 0 saturated carbocycles. The highest BCUT2D eigenvalue weighted by Gasteiger charge is 2.25. The average molecular weight is 361 g/mol. The van der Waals surface area contributed by atoms with Crippen molar-refractivity contribution >= 4 is 16.7 Å². The number of rotatable bonds is 3. The summed E-state index contributed by atoms with van der Waals surface area (Å²) in [5.74, 6) is 0.699. The number of piperidine rings is 1. The van der Waals surface area contributed by atoms with E-state index in [1.165, 1.54) is 6.07 Å². The van der Waals surface area contributed by atoms with Crippen LogP contribution in [0.4, 0.5) is 10.2 Å². The van der Waals surface area contributed by atoms with E-state index in [2.05, 4.69) is 11.0 Å². The molecule has 1 aliphatic rings. The molecule has 3 aromatic rings. The van der Waals surface area contributed by atoms with Gasteiger partial charge in [0, 0.05) is 31.3 Å². The first-order valence-corrected chi connectivity index (χ1v) is 9.13. The molecule has 1 aliphatic heterocycles. The standard InChI is InChI=1S/C22H20FN3O/c1-15-17-6-2-4-8-20(17)25-22(18(15)14-24)26-12-10-16(11-13-26)27-21-9-5-3-7-19(21)23/h2-9,16H,10-13H2,1H3. The summed E-state index contributed by atoms with van der Waals surface area (Å²) < 4.78 is 19.6. The molecule has 0 atom stereocenters. The van der Waals surface area contributed by atoms with Crippen LogP contribution in [0.5, 0.6) is 5.75 Å². The van der Waals surface area contributed by atoms with E-state index in [0.29, 0.717) is 11.3 Å². The third-order valence-corrected chi connectivity index (χ3v) is 5.12. The second kappa shape index (κ2) is 7.24. The second-order valence-electron chi connectivity index (χ2n) is 6.80. The lowest BCUT2D eigenvalue weighted by Crippen LogP contribution is -2.39. The molecule has 0 unspecified atom stereocenters. The van der Waals surface area contributed by atoms with Crippen molar-refractivity contribution in [3.63, 3.8) is 0 Å². The second-order valence-corrected chi connectivity index (χ2v) is 6.80. The summed E-state index contributed by atoms with van der Waals surface area (Å²) in [6, 6.07) is 16.7. The van der Waals surface area contributed by atoms with E-state index >= 15 is 0 Å². The van der Waals surface area contributed by atoms with Gasteiger partial charge in [0.1, 0.15) is 18.0 Å². The maximum absolute atomic E-state index is 13.8. The Labute approximate surface area is 157 Å². The number of halogens is 1. The predicted octanol–water partition coefficient (Wildman–Crippen LogP) is 4.60. The van der Waals surface area contributed by atoms with Gasteiger partial charge in [-0.05, 0) is 30.7 Å². The van der Waals surface area contributed by atoms with Gasteiger partial charge in [0.25, 0.3) is 0 Å². The molecule has 0 amide bonds. The number of hydrogen-bond donors (Lipinski definition) is 0. The van der Waals surface area contributed by atoms with E-state index in [-0.39, 0.29) is 11.9 Å². The molecule has 136 valence electrons. The lowest BCUT2D eigenvalue weighted by Gasteiger charge is -2.33. The van der Waals surface area contributed by atoms with Crippen LogP contribution in [-0.4, -0.2) is 24.2 Å². The van der Waals surface area contributed by atoms with Gasteiger partial charge in [0.05, 0.1) is 11.1 Å². The fourth-order valence-corrected chi connectivity index (χ4v) is 3.63. The van der Waals surface area contributed by atoms with Crippen LogP contribution in [0, 0.1) is 24.1 Å². The molecule has 0 spiro atoms. The van der Waals surface area contributed by atoms with Crippen molar-refractivity contribution in [1.29, 1.82) is 5.26 Å². The number of benzene rings is 2. The van der Waals surface area contributed by atoms with E-state index in [1.807, 2.05) is 31.2 Å². The van der Waals surface area contributed by atoms with Crippen LogP contribution in [0.25, 0.3) is 10.9 Å². The fraction of sp³-hybridized carbons (Fsp3) is 0.273. The molecule has 0 radical (unpaired) electrons. The first-order chi connectivity index (χ1) is 13.2. The number of nitrogens with zero attached hydrogens (tertiary/aromatic N) is 3. The lowest BCUT2D eigenvalue weighted by atomic mass is 10.0. The monoisotopic (exact) mass is 361 g/mol. The number of aryl methyl sites for hydroxylation is 1. The fourth-order valence-electron chi connectivity index (χ4n) is 3.63. The molecule has 5 heteroatoms. The van der Waals surface area contributed by atoms with Crippen LogP contribution in [0.1, 0.15) is 24.0 Å². The maximum Gasteiger partial charge on any atom is 0.165 e. The first kappa shape index (κ1) is 17.3. The van der Waals surface area contributed by atoms with E-state index < -0.39 is 0 Å². The van der Waals surface area contributed by atoms with Gasteiger partial charge in [-0.3, -0.25) is 0 Å². The minimum Gasteiger partial charge on any atom is -0.487 e. The Hall–Kier alpha value is -3.13. The Kier molecular flexibility index (Phi) is 4.64. The van der Waals surface area contributed by atoms with Crippen molar-refractivity contribution < 1.29 is 9.13 Å². The number of fused-ring (bicyclic) bond motifs is 1. The number of nitriles is 1. The third-order valence-electron chi connectivity index (χ3n) is 5.12. The van der Waals surface area contributed by atoms with Crippen LogP contribution in [0.2, 0.25) is 0 Å². The van der Waals surface area contributed by atoms with Crippen LogP contribution >= 0.6 is 0 Å². The van der Waals surface area contributed by atoms with Gasteiger partial charge in [-0.15, -0.1) is 0 Å². The Balaban J connectivity index is 1.55. The van der Waals surface area contributed by atoms with Crippen LogP contribution in [0.3, 0.4) is 0 Å².